The maximum Gasteiger partial charge on any atom is 0.329 e. The minimum Gasteiger partial charge on any atom is -0.464 e. The minimum absolute atomic E-state index is 0.0771. The van der Waals surface area contributed by atoms with Gasteiger partial charge in [-0.15, -0.1) is 0 Å². The molecule has 1 aliphatic rings. The third kappa shape index (κ3) is 3.54. The van der Waals surface area contributed by atoms with E-state index >= 15 is 0 Å². The van der Waals surface area contributed by atoms with E-state index in [0.717, 1.165) is 5.56 Å². The molecule has 0 aromatic heterocycles. The molecule has 1 aromatic rings. The van der Waals surface area contributed by atoms with Crippen LogP contribution in [-0.2, 0) is 19.1 Å². The van der Waals surface area contributed by atoms with Crippen molar-refractivity contribution in [3.05, 3.63) is 28.8 Å². The molecule has 1 unspecified atom stereocenters. The van der Waals surface area contributed by atoms with Crippen molar-refractivity contribution in [2.75, 3.05) is 24.7 Å². The predicted molar refractivity (Wildman–Crippen MR) is 79.5 cm³/mol. The molecule has 6 heteroatoms. The quantitative estimate of drug-likeness (QED) is 0.783. The first-order valence-electron chi connectivity index (χ1n) is 6.87. The fourth-order valence-corrected chi connectivity index (χ4v) is 2.46. The van der Waals surface area contributed by atoms with E-state index in [2.05, 4.69) is 0 Å². The number of carbonyl (C=O) groups excluding carboxylic acids is 2. The Kier molecular flexibility index (Phi) is 5.20. The molecule has 1 heterocycles. The Morgan fingerprint density at radius 1 is 1.52 bits per heavy atom. The van der Waals surface area contributed by atoms with Gasteiger partial charge in [-0.1, -0.05) is 17.7 Å². The summed E-state index contributed by atoms with van der Waals surface area (Å²) in [6.07, 6.45) is 0.475. The molecule has 1 saturated heterocycles. The summed E-state index contributed by atoms with van der Waals surface area (Å²) in [5.74, 6) is -0.662. The normalized spacial score (nSPS) is 17.7. The van der Waals surface area contributed by atoms with Crippen LogP contribution >= 0.6 is 11.6 Å². The van der Waals surface area contributed by atoms with Gasteiger partial charge in [0.2, 0.25) is 0 Å². The van der Waals surface area contributed by atoms with E-state index < -0.39 is 6.04 Å². The van der Waals surface area contributed by atoms with Gasteiger partial charge in [0, 0.05) is 23.7 Å². The number of nitrogens with zero attached hydrogens (tertiary/aromatic N) is 1. The van der Waals surface area contributed by atoms with Gasteiger partial charge in [0.05, 0.1) is 6.61 Å². The zero-order valence-electron chi connectivity index (χ0n) is 12.1. The van der Waals surface area contributed by atoms with Gasteiger partial charge in [-0.2, -0.15) is 0 Å². The van der Waals surface area contributed by atoms with Crippen LogP contribution in [0.4, 0.5) is 5.69 Å². The monoisotopic (exact) mass is 311 g/mol. The smallest absolute Gasteiger partial charge is 0.329 e. The van der Waals surface area contributed by atoms with Crippen molar-refractivity contribution < 1.29 is 19.1 Å². The Hall–Kier alpha value is -1.59. The summed E-state index contributed by atoms with van der Waals surface area (Å²) in [6.45, 7) is 4.36. The van der Waals surface area contributed by atoms with Crippen molar-refractivity contribution in [1.82, 2.24) is 0 Å². The zero-order valence-corrected chi connectivity index (χ0v) is 12.9. The molecule has 21 heavy (non-hydrogen) atoms. The van der Waals surface area contributed by atoms with Crippen LogP contribution in [0.2, 0.25) is 5.02 Å². The highest BCUT2D eigenvalue weighted by atomic mass is 35.5. The van der Waals surface area contributed by atoms with Gasteiger partial charge in [-0.25, -0.2) is 4.79 Å². The lowest BCUT2D eigenvalue weighted by Crippen LogP contribution is -2.45. The van der Waals surface area contributed by atoms with E-state index in [1.165, 1.54) is 4.90 Å². The van der Waals surface area contributed by atoms with Crippen molar-refractivity contribution >= 4 is 29.2 Å². The maximum atomic E-state index is 12.4. The number of rotatable bonds is 5. The molecule has 0 bridgehead atoms. The van der Waals surface area contributed by atoms with E-state index in [-0.39, 0.29) is 18.5 Å². The summed E-state index contributed by atoms with van der Waals surface area (Å²) < 4.78 is 10.2. The number of ether oxygens (including phenoxy) is 2. The number of amides is 1. The second kappa shape index (κ2) is 6.91. The number of esters is 1. The molecule has 1 atom stereocenters. The second-order valence-electron chi connectivity index (χ2n) is 4.80. The predicted octanol–water partition coefficient (Wildman–Crippen LogP) is 2.33. The first kappa shape index (κ1) is 15.8. The van der Waals surface area contributed by atoms with Crippen molar-refractivity contribution in [3.8, 4) is 0 Å². The Morgan fingerprint density at radius 2 is 2.29 bits per heavy atom. The molecule has 1 aromatic carbocycles. The van der Waals surface area contributed by atoms with Crippen molar-refractivity contribution in [2.24, 2.45) is 0 Å². The Labute approximate surface area is 128 Å². The van der Waals surface area contributed by atoms with Gasteiger partial charge in [0.15, 0.2) is 0 Å². The Balaban J connectivity index is 2.37. The summed E-state index contributed by atoms with van der Waals surface area (Å²) in [7, 11) is 0. The molecular formula is C15H18ClNO4. The van der Waals surface area contributed by atoms with Crippen LogP contribution in [-0.4, -0.2) is 37.7 Å². The van der Waals surface area contributed by atoms with Gasteiger partial charge in [0.25, 0.3) is 5.91 Å². The fraction of sp³-hybridized carbons (Fsp3) is 0.467. The number of halogens is 1. The number of hydrogen-bond acceptors (Lipinski definition) is 4. The lowest BCUT2D eigenvalue weighted by atomic mass is 10.1. The lowest BCUT2D eigenvalue weighted by Gasteiger charge is -2.28. The Morgan fingerprint density at radius 3 is 2.90 bits per heavy atom. The molecule has 0 spiro atoms. The Bertz CT molecular complexity index is 546. The summed E-state index contributed by atoms with van der Waals surface area (Å²) in [6, 6.07) is 4.64. The average molecular weight is 312 g/mol. The van der Waals surface area contributed by atoms with Crippen molar-refractivity contribution in [1.29, 1.82) is 0 Å². The molecule has 5 nitrogen and oxygen atoms in total. The number of carbonyl (C=O) groups is 2. The molecule has 2 rings (SSSR count). The van der Waals surface area contributed by atoms with Crippen molar-refractivity contribution in [2.45, 2.75) is 26.3 Å². The molecule has 1 aliphatic heterocycles. The van der Waals surface area contributed by atoms with E-state index in [9.17, 15) is 9.59 Å². The largest absolute Gasteiger partial charge is 0.464 e. The molecule has 0 N–H and O–H groups in total. The van der Waals surface area contributed by atoms with Crippen LogP contribution in [0.3, 0.4) is 0 Å². The van der Waals surface area contributed by atoms with Crippen LogP contribution in [0.1, 0.15) is 18.9 Å². The molecule has 0 saturated carbocycles. The van der Waals surface area contributed by atoms with Gasteiger partial charge in [-0.3, -0.25) is 9.69 Å². The highest BCUT2D eigenvalue weighted by molar-refractivity contribution is 6.31. The molecule has 0 aliphatic carbocycles. The van der Waals surface area contributed by atoms with Crippen LogP contribution in [0, 0.1) is 6.92 Å². The minimum atomic E-state index is -0.616. The maximum absolute atomic E-state index is 12.4. The van der Waals surface area contributed by atoms with Gasteiger partial charge in [-0.05, 0) is 31.5 Å². The van der Waals surface area contributed by atoms with E-state index in [0.29, 0.717) is 30.3 Å². The first-order valence-corrected chi connectivity index (χ1v) is 7.25. The SMILES string of the molecule is CCOCC(=O)N(c1cc(Cl)ccc1C)C1CCOC1=O. The molecule has 1 fully saturated rings. The summed E-state index contributed by atoms with van der Waals surface area (Å²) in [5, 5.41) is 0.510. The standard InChI is InChI=1S/C15H18ClNO4/c1-3-20-9-14(18)17(12-6-7-21-15(12)19)13-8-11(16)5-4-10(13)2/h4-5,8,12H,3,6-7,9H2,1-2H3. The van der Waals surface area contributed by atoms with Gasteiger partial charge >= 0.3 is 5.97 Å². The van der Waals surface area contributed by atoms with Crippen LogP contribution in [0.15, 0.2) is 18.2 Å². The molecule has 0 radical (unpaired) electrons. The number of hydrogen-bond donors (Lipinski definition) is 0. The molecule has 1 amide bonds. The number of benzene rings is 1. The molecule has 114 valence electrons. The first-order chi connectivity index (χ1) is 10.0. The van der Waals surface area contributed by atoms with Crippen LogP contribution < -0.4 is 4.90 Å². The zero-order chi connectivity index (χ0) is 15.4. The highest BCUT2D eigenvalue weighted by Gasteiger charge is 2.36. The number of anilines is 1. The summed E-state index contributed by atoms with van der Waals surface area (Å²) in [4.78, 5) is 25.8. The van der Waals surface area contributed by atoms with Crippen molar-refractivity contribution in [3.63, 3.8) is 0 Å². The second-order valence-corrected chi connectivity index (χ2v) is 5.24. The summed E-state index contributed by atoms with van der Waals surface area (Å²) in [5.41, 5.74) is 1.49. The van der Waals surface area contributed by atoms with Gasteiger partial charge in [0.1, 0.15) is 12.6 Å². The van der Waals surface area contributed by atoms with Gasteiger partial charge < -0.3 is 9.47 Å². The highest BCUT2D eigenvalue weighted by Crippen LogP contribution is 2.29. The van der Waals surface area contributed by atoms with Crippen LogP contribution in [0.5, 0.6) is 0 Å². The number of aryl methyl sites for hydroxylation is 1. The molecular weight excluding hydrogens is 294 g/mol. The third-order valence-corrected chi connectivity index (χ3v) is 3.58. The van der Waals surface area contributed by atoms with E-state index in [1.54, 1.807) is 12.1 Å². The third-order valence-electron chi connectivity index (χ3n) is 3.35. The van der Waals surface area contributed by atoms with E-state index in [1.807, 2.05) is 19.9 Å². The summed E-state index contributed by atoms with van der Waals surface area (Å²) >= 11 is 6.03. The average Bonchev–Trinajstić information content (AvgIpc) is 2.87. The fourth-order valence-electron chi connectivity index (χ4n) is 2.30. The topological polar surface area (TPSA) is 55.8 Å². The van der Waals surface area contributed by atoms with E-state index in [4.69, 9.17) is 21.1 Å². The number of cyclic esters (lactones) is 1. The lowest BCUT2D eigenvalue weighted by molar-refractivity contribution is -0.140. The van der Waals surface area contributed by atoms with Crippen LogP contribution in [0.25, 0.3) is 0 Å².